The number of aliphatic hydroxyl groups is 4. The average molecular weight is 348 g/mol. The summed E-state index contributed by atoms with van der Waals surface area (Å²) in [5.74, 6) is -1.84. The number of carbonyl (C=O) groups excluding carboxylic acids is 2. The molecule has 0 bridgehead atoms. The maximum atomic E-state index is 12.3. The molecular weight excluding hydrogens is 316 g/mol. The van der Waals surface area contributed by atoms with E-state index in [1.165, 1.54) is 4.90 Å². The standard InChI is InChI=1S/C16H32N2O6/c17-15(23)13(21)14(22)16(24)18(9-5-1-3-7-11-19)10-6-2-4-8-12-20/h13-14,19-22H,1-12H2,(H2,17,23). The maximum Gasteiger partial charge on any atom is 0.254 e. The first kappa shape index (κ1) is 22.8. The largest absolute Gasteiger partial charge is 0.396 e. The highest BCUT2D eigenvalue weighted by atomic mass is 16.3. The molecule has 8 nitrogen and oxygen atoms in total. The molecule has 6 N–H and O–H groups in total. The van der Waals surface area contributed by atoms with E-state index in [1.54, 1.807) is 0 Å². The molecule has 0 saturated carbocycles. The van der Waals surface area contributed by atoms with Gasteiger partial charge in [0.05, 0.1) is 0 Å². The summed E-state index contributed by atoms with van der Waals surface area (Å²) in [6.45, 7) is 1.09. The Balaban J connectivity index is 4.47. The maximum absolute atomic E-state index is 12.3. The van der Waals surface area contributed by atoms with Gasteiger partial charge in [-0.2, -0.15) is 0 Å². The highest BCUT2D eigenvalue weighted by molar-refractivity contribution is 5.89. The van der Waals surface area contributed by atoms with Crippen LogP contribution < -0.4 is 5.73 Å². The van der Waals surface area contributed by atoms with E-state index in [0.717, 1.165) is 25.7 Å². The summed E-state index contributed by atoms with van der Waals surface area (Å²) in [7, 11) is 0. The number of primary amides is 1. The molecule has 24 heavy (non-hydrogen) atoms. The molecule has 2 atom stereocenters. The van der Waals surface area contributed by atoms with Crippen molar-refractivity contribution >= 4 is 11.8 Å². The summed E-state index contributed by atoms with van der Waals surface area (Å²) < 4.78 is 0. The molecule has 142 valence electrons. The fourth-order valence-electron chi connectivity index (χ4n) is 2.35. The lowest BCUT2D eigenvalue weighted by Crippen LogP contribution is -2.50. The van der Waals surface area contributed by atoms with E-state index < -0.39 is 24.0 Å². The van der Waals surface area contributed by atoms with Crippen molar-refractivity contribution in [1.29, 1.82) is 0 Å². The van der Waals surface area contributed by atoms with Gasteiger partial charge in [0.2, 0.25) is 5.91 Å². The molecular formula is C16H32N2O6. The Morgan fingerprint density at radius 3 is 1.54 bits per heavy atom. The number of unbranched alkanes of at least 4 members (excludes halogenated alkanes) is 6. The van der Waals surface area contributed by atoms with Crippen molar-refractivity contribution in [2.75, 3.05) is 26.3 Å². The van der Waals surface area contributed by atoms with Crippen LogP contribution in [0.15, 0.2) is 0 Å². The fraction of sp³-hybridized carbons (Fsp3) is 0.875. The Morgan fingerprint density at radius 1 is 0.750 bits per heavy atom. The SMILES string of the molecule is NC(=O)C(O)C(O)C(=O)N(CCCCCCO)CCCCCCO. The predicted octanol–water partition coefficient (Wildman–Crippen LogP) is -0.872. The second-order valence-corrected chi connectivity index (χ2v) is 5.89. The molecule has 0 spiro atoms. The predicted molar refractivity (Wildman–Crippen MR) is 88.9 cm³/mol. The van der Waals surface area contributed by atoms with Crippen molar-refractivity contribution in [1.82, 2.24) is 4.90 Å². The average Bonchev–Trinajstić information content (AvgIpc) is 2.57. The molecule has 0 radical (unpaired) electrons. The van der Waals surface area contributed by atoms with Crippen LogP contribution in [0.4, 0.5) is 0 Å². The molecule has 0 aliphatic rings. The van der Waals surface area contributed by atoms with Crippen molar-refractivity contribution in [3.63, 3.8) is 0 Å². The van der Waals surface area contributed by atoms with E-state index in [1.807, 2.05) is 0 Å². The zero-order chi connectivity index (χ0) is 18.4. The molecule has 0 heterocycles. The first-order valence-electron chi connectivity index (χ1n) is 8.61. The number of carbonyl (C=O) groups is 2. The van der Waals surface area contributed by atoms with Crippen LogP contribution in [0, 0.1) is 0 Å². The molecule has 2 unspecified atom stereocenters. The van der Waals surface area contributed by atoms with Crippen LogP contribution in [0.25, 0.3) is 0 Å². The first-order valence-corrected chi connectivity index (χ1v) is 8.61. The van der Waals surface area contributed by atoms with Gasteiger partial charge in [0.15, 0.2) is 12.2 Å². The molecule has 0 rings (SSSR count). The minimum Gasteiger partial charge on any atom is -0.396 e. The summed E-state index contributed by atoms with van der Waals surface area (Å²) in [5, 5.41) is 36.8. The number of rotatable bonds is 15. The number of nitrogens with two attached hydrogens (primary N) is 1. The van der Waals surface area contributed by atoms with Gasteiger partial charge in [-0.15, -0.1) is 0 Å². The normalized spacial score (nSPS) is 13.5. The minimum atomic E-state index is -1.91. The summed E-state index contributed by atoms with van der Waals surface area (Å²) in [6.07, 6.45) is 2.44. The van der Waals surface area contributed by atoms with Gasteiger partial charge in [0, 0.05) is 26.3 Å². The number of amides is 2. The third kappa shape index (κ3) is 9.82. The summed E-state index contributed by atoms with van der Waals surface area (Å²) in [6, 6.07) is 0. The smallest absolute Gasteiger partial charge is 0.254 e. The van der Waals surface area contributed by atoms with Gasteiger partial charge in [0.1, 0.15) is 0 Å². The number of hydrogen-bond acceptors (Lipinski definition) is 6. The number of nitrogens with zero attached hydrogens (tertiary/aromatic N) is 1. The third-order valence-electron chi connectivity index (χ3n) is 3.83. The van der Waals surface area contributed by atoms with Crippen LogP contribution in [0.1, 0.15) is 51.4 Å². The van der Waals surface area contributed by atoms with Gasteiger partial charge in [0.25, 0.3) is 5.91 Å². The van der Waals surface area contributed by atoms with Crippen LogP contribution >= 0.6 is 0 Å². The Bertz CT molecular complexity index is 339. The van der Waals surface area contributed by atoms with E-state index in [-0.39, 0.29) is 13.2 Å². The van der Waals surface area contributed by atoms with Crippen molar-refractivity contribution in [3.8, 4) is 0 Å². The van der Waals surface area contributed by atoms with Crippen LogP contribution in [0.2, 0.25) is 0 Å². The third-order valence-corrected chi connectivity index (χ3v) is 3.83. The molecule has 0 fully saturated rings. The summed E-state index contributed by atoms with van der Waals surface area (Å²) >= 11 is 0. The van der Waals surface area contributed by atoms with Gasteiger partial charge in [-0.25, -0.2) is 0 Å². The molecule has 0 aliphatic heterocycles. The Morgan fingerprint density at radius 2 is 1.17 bits per heavy atom. The van der Waals surface area contributed by atoms with Crippen molar-refractivity contribution in [2.45, 2.75) is 63.6 Å². The van der Waals surface area contributed by atoms with E-state index in [0.29, 0.717) is 38.8 Å². The monoisotopic (exact) mass is 348 g/mol. The van der Waals surface area contributed by atoms with E-state index in [2.05, 4.69) is 0 Å². The Hall–Kier alpha value is -1.22. The Labute approximate surface area is 143 Å². The van der Waals surface area contributed by atoms with E-state index in [4.69, 9.17) is 15.9 Å². The lowest BCUT2D eigenvalue weighted by atomic mass is 10.1. The van der Waals surface area contributed by atoms with Crippen LogP contribution in [-0.4, -0.2) is 75.7 Å². The topological polar surface area (TPSA) is 144 Å². The molecule has 8 heteroatoms. The molecule has 0 saturated heterocycles. The summed E-state index contributed by atoms with van der Waals surface area (Å²) in [5.41, 5.74) is 4.92. The second-order valence-electron chi connectivity index (χ2n) is 5.89. The lowest BCUT2D eigenvalue weighted by molar-refractivity contribution is -0.152. The fourth-order valence-corrected chi connectivity index (χ4v) is 2.35. The van der Waals surface area contributed by atoms with Crippen LogP contribution in [-0.2, 0) is 9.59 Å². The molecule has 0 aromatic heterocycles. The van der Waals surface area contributed by atoms with Crippen molar-refractivity contribution in [2.24, 2.45) is 5.73 Å². The van der Waals surface area contributed by atoms with Crippen molar-refractivity contribution < 1.29 is 30.0 Å². The van der Waals surface area contributed by atoms with Crippen LogP contribution in [0.5, 0.6) is 0 Å². The second kappa shape index (κ2) is 14.2. The van der Waals surface area contributed by atoms with Crippen LogP contribution in [0.3, 0.4) is 0 Å². The summed E-state index contributed by atoms with van der Waals surface area (Å²) in [4.78, 5) is 24.6. The lowest BCUT2D eigenvalue weighted by Gasteiger charge is -2.26. The first-order chi connectivity index (χ1) is 11.5. The molecule has 2 amide bonds. The van der Waals surface area contributed by atoms with Gasteiger partial charge in [-0.3, -0.25) is 9.59 Å². The number of hydrogen-bond donors (Lipinski definition) is 5. The highest BCUT2D eigenvalue weighted by Crippen LogP contribution is 2.09. The van der Waals surface area contributed by atoms with Gasteiger partial charge in [-0.05, 0) is 25.7 Å². The highest BCUT2D eigenvalue weighted by Gasteiger charge is 2.31. The molecule has 0 aromatic rings. The molecule has 0 aromatic carbocycles. The zero-order valence-corrected chi connectivity index (χ0v) is 14.3. The van der Waals surface area contributed by atoms with E-state index in [9.17, 15) is 19.8 Å². The van der Waals surface area contributed by atoms with Gasteiger partial charge >= 0.3 is 0 Å². The molecule has 0 aliphatic carbocycles. The Kier molecular flexibility index (Phi) is 13.4. The van der Waals surface area contributed by atoms with E-state index >= 15 is 0 Å². The zero-order valence-electron chi connectivity index (χ0n) is 14.3. The quantitative estimate of drug-likeness (QED) is 0.243. The minimum absolute atomic E-state index is 0.136. The van der Waals surface area contributed by atoms with Gasteiger partial charge < -0.3 is 31.1 Å². The van der Waals surface area contributed by atoms with Crippen molar-refractivity contribution in [3.05, 3.63) is 0 Å². The number of aliphatic hydroxyl groups excluding tert-OH is 4. The van der Waals surface area contributed by atoms with Gasteiger partial charge in [-0.1, -0.05) is 25.7 Å².